The monoisotopic (exact) mass is 803 g/mol. The van der Waals surface area contributed by atoms with Gasteiger partial charge in [0.05, 0.1) is 62.4 Å². The second-order valence-corrected chi connectivity index (χ2v) is 16.9. The Balaban J connectivity index is 1.05. The Morgan fingerprint density at radius 1 is 0.542 bits per heavy atom. The van der Waals surface area contributed by atoms with Gasteiger partial charge in [0.25, 0.3) is 0 Å². The van der Waals surface area contributed by atoms with Crippen LogP contribution in [0.3, 0.4) is 0 Å². The quantitative estimate of drug-likeness (QED) is 0.0289. The number of aromatic nitrogens is 4. The molecule has 2 saturated heterocycles. The number of nitrogens with zero attached hydrogens (tertiary/aromatic N) is 4. The van der Waals surface area contributed by atoms with E-state index in [4.69, 9.17) is 23.7 Å². The molecular formula is C50H66N4O5. The summed E-state index contributed by atoms with van der Waals surface area (Å²) in [6.07, 6.45) is 31.9. The second-order valence-electron chi connectivity index (χ2n) is 16.9. The first-order chi connectivity index (χ1) is 28.9. The zero-order valence-electron chi connectivity index (χ0n) is 35.7. The van der Waals surface area contributed by atoms with Crippen LogP contribution in [0.15, 0.2) is 86.5 Å². The van der Waals surface area contributed by atoms with Crippen LogP contribution in [0.25, 0.3) is 22.8 Å². The van der Waals surface area contributed by atoms with Gasteiger partial charge in [-0.25, -0.2) is 19.9 Å². The molecule has 316 valence electrons. The molecule has 59 heavy (non-hydrogen) atoms. The van der Waals surface area contributed by atoms with Gasteiger partial charge in [-0.05, 0) is 99.9 Å². The SMILES string of the molecule is C=CCCCCCCCCCOc1cnc(-c2ccc(Oc3ccc(-c4ncc(OCCCCCCCCCC=C)cn4)cc3C[C@]3(C)CO3)c(C[C@]3(C)CO3)c2)nc1. The Bertz CT molecular complexity index is 1750. The summed E-state index contributed by atoms with van der Waals surface area (Å²) >= 11 is 0. The molecule has 0 saturated carbocycles. The van der Waals surface area contributed by atoms with Crippen molar-refractivity contribution in [3.05, 3.63) is 97.6 Å². The second kappa shape index (κ2) is 22.7. The van der Waals surface area contributed by atoms with Crippen molar-refractivity contribution in [1.29, 1.82) is 0 Å². The topological polar surface area (TPSA) is 104 Å². The van der Waals surface area contributed by atoms with Crippen LogP contribution in [-0.4, -0.2) is 57.6 Å². The summed E-state index contributed by atoms with van der Waals surface area (Å²) < 4.78 is 30.4. The Morgan fingerprint density at radius 3 is 1.25 bits per heavy atom. The normalized spacial score (nSPS) is 18.0. The highest BCUT2D eigenvalue weighted by Crippen LogP contribution is 2.40. The van der Waals surface area contributed by atoms with Crippen LogP contribution < -0.4 is 14.2 Å². The minimum absolute atomic E-state index is 0.221. The molecule has 0 radical (unpaired) electrons. The molecule has 0 aliphatic carbocycles. The summed E-state index contributed by atoms with van der Waals surface area (Å²) in [5.74, 6) is 4.23. The Kier molecular flexibility index (Phi) is 16.9. The highest BCUT2D eigenvalue weighted by atomic mass is 16.6. The lowest BCUT2D eigenvalue weighted by Crippen LogP contribution is -2.11. The molecule has 6 rings (SSSR count). The number of hydrogen-bond acceptors (Lipinski definition) is 9. The molecule has 0 unspecified atom stereocenters. The number of unbranched alkanes of at least 4 members (excludes halogenated alkanes) is 14. The van der Waals surface area contributed by atoms with Gasteiger partial charge in [0.1, 0.15) is 11.5 Å². The standard InChI is InChI=1S/C50H66N4O5/c1-5-7-9-11-13-15-17-19-21-27-55-43-33-51-47(52-34-43)39-23-25-45(41(29-39)31-49(3)37-57-49)59-46-26-24-40(30-42(46)32-50(4)38-58-50)48-53-35-44(36-54-48)56-28-22-20-18-16-14-12-10-8-6-2/h5-6,23-26,29-30,33-36H,1-2,7-22,27-28,31-32,37-38H2,3-4H3/t49-,50-/m1/s1. The van der Waals surface area contributed by atoms with Gasteiger partial charge >= 0.3 is 0 Å². The smallest absolute Gasteiger partial charge is 0.159 e. The molecule has 0 bridgehead atoms. The summed E-state index contributed by atoms with van der Waals surface area (Å²) in [6.45, 7) is 14.6. The first-order valence-electron chi connectivity index (χ1n) is 22.2. The molecule has 2 atom stereocenters. The van der Waals surface area contributed by atoms with E-state index in [2.05, 4.69) is 59.1 Å². The third kappa shape index (κ3) is 14.9. The van der Waals surface area contributed by atoms with E-state index in [0.717, 1.165) is 59.4 Å². The fourth-order valence-electron chi connectivity index (χ4n) is 7.30. The zero-order valence-corrected chi connectivity index (χ0v) is 35.7. The van der Waals surface area contributed by atoms with Gasteiger partial charge in [0, 0.05) is 24.0 Å². The van der Waals surface area contributed by atoms with Crippen LogP contribution in [0, 0.1) is 0 Å². The molecule has 9 nitrogen and oxygen atoms in total. The molecule has 2 aliphatic rings. The van der Waals surface area contributed by atoms with E-state index in [0.29, 0.717) is 62.4 Å². The molecule has 2 aromatic carbocycles. The number of rotatable bonds is 30. The van der Waals surface area contributed by atoms with Crippen LogP contribution in [0.2, 0.25) is 0 Å². The van der Waals surface area contributed by atoms with Gasteiger partial charge in [-0.1, -0.05) is 76.4 Å². The predicted octanol–water partition coefficient (Wildman–Crippen LogP) is 12.4. The van der Waals surface area contributed by atoms with E-state index in [1.807, 2.05) is 36.4 Å². The van der Waals surface area contributed by atoms with Crippen LogP contribution in [0.1, 0.15) is 128 Å². The molecule has 9 heteroatoms. The van der Waals surface area contributed by atoms with Gasteiger partial charge in [0.15, 0.2) is 23.1 Å². The van der Waals surface area contributed by atoms with Gasteiger partial charge in [-0.3, -0.25) is 0 Å². The Hall–Kier alpha value is -4.60. The summed E-state index contributed by atoms with van der Waals surface area (Å²) in [6, 6.07) is 12.3. The molecule has 2 aliphatic heterocycles. The number of ether oxygens (including phenoxy) is 5. The highest BCUT2D eigenvalue weighted by Gasteiger charge is 2.41. The van der Waals surface area contributed by atoms with Gasteiger partial charge in [-0.2, -0.15) is 0 Å². The maximum absolute atomic E-state index is 6.77. The van der Waals surface area contributed by atoms with Gasteiger partial charge in [0.2, 0.25) is 0 Å². The zero-order chi connectivity index (χ0) is 41.2. The summed E-state index contributed by atoms with van der Waals surface area (Å²) in [5, 5.41) is 0. The number of allylic oxidation sites excluding steroid dienone is 2. The summed E-state index contributed by atoms with van der Waals surface area (Å²) in [5.41, 5.74) is 3.47. The van der Waals surface area contributed by atoms with E-state index in [9.17, 15) is 0 Å². The average Bonchev–Trinajstić information content (AvgIpc) is 4.18. The molecule has 0 N–H and O–H groups in total. The minimum atomic E-state index is -0.221. The summed E-state index contributed by atoms with van der Waals surface area (Å²) in [7, 11) is 0. The fraction of sp³-hybridized carbons (Fsp3) is 0.520. The third-order valence-electron chi connectivity index (χ3n) is 11.2. The molecule has 4 aromatic rings. The first-order valence-corrected chi connectivity index (χ1v) is 22.2. The summed E-state index contributed by atoms with van der Waals surface area (Å²) in [4.78, 5) is 18.7. The predicted molar refractivity (Wildman–Crippen MR) is 236 cm³/mol. The van der Waals surface area contributed by atoms with Crippen LogP contribution in [-0.2, 0) is 22.3 Å². The maximum atomic E-state index is 6.77. The number of benzene rings is 2. The lowest BCUT2D eigenvalue weighted by Gasteiger charge is -2.18. The largest absolute Gasteiger partial charge is 0.490 e. The van der Waals surface area contributed by atoms with E-state index in [1.54, 1.807) is 24.8 Å². The van der Waals surface area contributed by atoms with Gasteiger partial charge < -0.3 is 23.7 Å². The highest BCUT2D eigenvalue weighted by molar-refractivity contribution is 5.62. The van der Waals surface area contributed by atoms with E-state index < -0.39 is 0 Å². The number of epoxide rings is 2. The van der Waals surface area contributed by atoms with Crippen molar-refractivity contribution in [2.75, 3.05) is 26.4 Å². The molecule has 2 aromatic heterocycles. The van der Waals surface area contributed by atoms with Crippen molar-refractivity contribution in [2.45, 2.75) is 141 Å². The molecule has 0 spiro atoms. The van der Waals surface area contributed by atoms with Crippen LogP contribution >= 0.6 is 0 Å². The lowest BCUT2D eigenvalue weighted by atomic mass is 9.97. The Morgan fingerprint density at radius 2 is 0.898 bits per heavy atom. The van der Waals surface area contributed by atoms with Crippen molar-refractivity contribution in [3.8, 4) is 45.8 Å². The number of hydrogen-bond donors (Lipinski definition) is 0. The molecule has 4 heterocycles. The van der Waals surface area contributed by atoms with E-state index in [1.165, 1.54) is 77.0 Å². The van der Waals surface area contributed by atoms with Crippen LogP contribution in [0.5, 0.6) is 23.0 Å². The van der Waals surface area contributed by atoms with Crippen LogP contribution in [0.4, 0.5) is 0 Å². The maximum Gasteiger partial charge on any atom is 0.159 e. The van der Waals surface area contributed by atoms with E-state index >= 15 is 0 Å². The molecule has 0 amide bonds. The van der Waals surface area contributed by atoms with E-state index in [-0.39, 0.29) is 11.2 Å². The van der Waals surface area contributed by atoms with Crippen molar-refractivity contribution in [1.82, 2.24) is 19.9 Å². The van der Waals surface area contributed by atoms with Gasteiger partial charge in [-0.15, -0.1) is 13.2 Å². The molecular weight excluding hydrogens is 737 g/mol. The Labute approximate surface area is 353 Å². The minimum Gasteiger partial charge on any atom is -0.490 e. The van der Waals surface area contributed by atoms with Crippen molar-refractivity contribution in [3.63, 3.8) is 0 Å². The van der Waals surface area contributed by atoms with Crippen molar-refractivity contribution in [2.24, 2.45) is 0 Å². The lowest BCUT2D eigenvalue weighted by molar-refractivity contribution is 0.302. The van der Waals surface area contributed by atoms with Crippen molar-refractivity contribution < 1.29 is 23.7 Å². The molecule has 2 fully saturated rings. The average molecular weight is 803 g/mol. The first kappa shape index (κ1) is 44.0. The third-order valence-corrected chi connectivity index (χ3v) is 11.2. The fourth-order valence-corrected chi connectivity index (χ4v) is 7.30. The van der Waals surface area contributed by atoms with Crippen molar-refractivity contribution >= 4 is 0 Å².